The number of nitrogens with zero attached hydrogens (tertiary/aromatic N) is 3. The van der Waals surface area contributed by atoms with Gasteiger partial charge in [0.05, 0.1) is 6.61 Å². The molecule has 5 heteroatoms. The zero-order valence-corrected chi connectivity index (χ0v) is 15.7. The molecule has 0 atom stereocenters. The fraction of sp³-hybridized carbons (Fsp3) is 0.600. The van der Waals surface area contributed by atoms with E-state index in [-0.39, 0.29) is 12.5 Å². The third kappa shape index (κ3) is 6.25. The van der Waals surface area contributed by atoms with Crippen LogP contribution >= 0.6 is 0 Å². The molecule has 2 heterocycles. The average molecular weight is 345 g/mol. The second-order valence-electron chi connectivity index (χ2n) is 7.21. The molecule has 2 rings (SSSR count). The topological polar surface area (TPSA) is 56.7 Å². The largest absolute Gasteiger partial charge is 0.395 e. The predicted octanol–water partition coefficient (Wildman–Crippen LogP) is 2.34. The summed E-state index contributed by atoms with van der Waals surface area (Å²) in [5.41, 5.74) is 2.05. The maximum Gasteiger partial charge on any atom is 0.246 e. The Balaban J connectivity index is 1.82. The molecule has 0 saturated carbocycles. The Morgan fingerprint density at radius 3 is 2.72 bits per heavy atom. The molecule has 1 aromatic rings. The first-order valence-electron chi connectivity index (χ1n) is 9.23. The molecule has 0 unspecified atom stereocenters. The van der Waals surface area contributed by atoms with Gasteiger partial charge in [-0.15, -0.1) is 0 Å². The highest BCUT2D eigenvalue weighted by Gasteiger charge is 2.24. The number of hydrogen-bond donors (Lipinski definition) is 1. The van der Waals surface area contributed by atoms with E-state index in [0.717, 1.165) is 50.1 Å². The summed E-state index contributed by atoms with van der Waals surface area (Å²) in [4.78, 5) is 20.8. The SMILES string of the molecule is Cc1cncc(/C=C/C(=O)N2CCC(CN(CCO)C(C)C)CC2)c1. The Morgan fingerprint density at radius 2 is 2.12 bits per heavy atom. The highest BCUT2D eigenvalue weighted by atomic mass is 16.3. The van der Waals surface area contributed by atoms with Gasteiger partial charge in [0.2, 0.25) is 5.91 Å². The summed E-state index contributed by atoms with van der Waals surface area (Å²) in [6.45, 7) is 9.88. The van der Waals surface area contributed by atoms with E-state index in [9.17, 15) is 9.90 Å². The zero-order valence-electron chi connectivity index (χ0n) is 15.7. The number of aromatic nitrogens is 1. The maximum atomic E-state index is 12.4. The van der Waals surface area contributed by atoms with E-state index in [2.05, 4.69) is 23.7 Å². The maximum absolute atomic E-state index is 12.4. The number of carbonyl (C=O) groups excluding carboxylic acids is 1. The monoisotopic (exact) mass is 345 g/mol. The Kier molecular flexibility index (Phi) is 7.59. The standard InChI is InChI=1S/C20H31N3O2/c1-16(2)23(10-11-24)15-18-6-8-22(9-7-18)20(25)5-4-19-12-17(3)13-21-14-19/h4-5,12-14,16,18,24H,6-11,15H2,1-3H3/b5-4+. The van der Waals surface area contributed by atoms with Gasteiger partial charge in [0.15, 0.2) is 0 Å². The molecular formula is C20H31N3O2. The summed E-state index contributed by atoms with van der Waals surface area (Å²) in [6.07, 6.45) is 9.13. The quantitative estimate of drug-likeness (QED) is 0.771. The number of amides is 1. The number of aliphatic hydroxyl groups excluding tert-OH is 1. The number of carbonyl (C=O) groups is 1. The number of piperidine rings is 1. The van der Waals surface area contributed by atoms with Crippen molar-refractivity contribution in [1.82, 2.24) is 14.8 Å². The van der Waals surface area contributed by atoms with Gasteiger partial charge < -0.3 is 10.0 Å². The van der Waals surface area contributed by atoms with E-state index in [0.29, 0.717) is 12.0 Å². The summed E-state index contributed by atoms with van der Waals surface area (Å²) in [5.74, 6) is 0.680. The molecule has 138 valence electrons. The van der Waals surface area contributed by atoms with E-state index in [1.165, 1.54) is 0 Å². The molecule has 0 bridgehead atoms. The Morgan fingerprint density at radius 1 is 1.40 bits per heavy atom. The molecule has 1 aliphatic heterocycles. The van der Waals surface area contributed by atoms with Gasteiger partial charge in [0, 0.05) is 50.7 Å². The molecule has 1 amide bonds. The molecule has 1 fully saturated rings. The van der Waals surface area contributed by atoms with E-state index in [4.69, 9.17) is 0 Å². The molecule has 1 aromatic heterocycles. The van der Waals surface area contributed by atoms with Crippen molar-refractivity contribution >= 4 is 12.0 Å². The van der Waals surface area contributed by atoms with Crippen LogP contribution in [-0.4, -0.2) is 64.6 Å². The van der Waals surface area contributed by atoms with Crippen molar-refractivity contribution in [3.63, 3.8) is 0 Å². The van der Waals surface area contributed by atoms with Crippen molar-refractivity contribution in [2.24, 2.45) is 5.92 Å². The lowest BCUT2D eigenvalue weighted by molar-refractivity contribution is -0.127. The predicted molar refractivity (Wildman–Crippen MR) is 101 cm³/mol. The number of aliphatic hydroxyl groups is 1. The Hall–Kier alpha value is -1.72. The molecular weight excluding hydrogens is 314 g/mol. The van der Waals surface area contributed by atoms with Crippen LogP contribution in [0, 0.1) is 12.8 Å². The van der Waals surface area contributed by atoms with Gasteiger partial charge in [0.1, 0.15) is 0 Å². The summed E-state index contributed by atoms with van der Waals surface area (Å²) >= 11 is 0. The van der Waals surface area contributed by atoms with Crippen molar-refractivity contribution in [1.29, 1.82) is 0 Å². The minimum Gasteiger partial charge on any atom is -0.395 e. The molecule has 1 saturated heterocycles. The molecule has 0 radical (unpaired) electrons. The molecule has 0 spiro atoms. The number of aryl methyl sites for hydroxylation is 1. The van der Waals surface area contributed by atoms with Crippen LogP contribution in [0.5, 0.6) is 0 Å². The van der Waals surface area contributed by atoms with Gasteiger partial charge in [-0.25, -0.2) is 0 Å². The van der Waals surface area contributed by atoms with Crippen molar-refractivity contribution in [2.75, 3.05) is 32.8 Å². The third-order valence-corrected chi connectivity index (χ3v) is 4.85. The number of rotatable bonds is 7. The minimum absolute atomic E-state index is 0.0797. The smallest absolute Gasteiger partial charge is 0.246 e. The second-order valence-corrected chi connectivity index (χ2v) is 7.21. The lowest BCUT2D eigenvalue weighted by atomic mass is 9.95. The lowest BCUT2D eigenvalue weighted by Crippen LogP contribution is -2.43. The van der Waals surface area contributed by atoms with E-state index >= 15 is 0 Å². The Labute approximate surface area is 151 Å². The van der Waals surface area contributed by atoms with Crippen molar-refractivity contribution in [2.45, 2.75) is 39.7 Å². The molecule has 0 aromatic carbocycles. The van der Waals surface area contributed by atoms with Crippen LogP contribution in [0.25, 0.3) is 6.08 Å². The highest BCUT2D eigenvalue weighted by molar-refractivity contribution is 5.91. The van der Waals surface area contributed by atoms with Crippen LogP contribution < -0.4 is 0 Å². The van der Waals surface area contributed by atoms with E-state index < -0.39 is 0 Å². The fourth-order valence-electron chi connectivity index (χ4n) is 3.30. The van der Waals surface area contributed by atoms with Crippen LogP contribution in [0.2, 0.25) is 0 Å². The minimum atomic E-state index is 0.0797. The third-order valence-electron chi connectivity index (χ3n) is 4.85. The summed E-state index contributed by atoms with van der Waals surface area (Å²) in [7, 11) is 0. The highest BCUT2D eigenvalue weighted by Crippen LogP contribution is 2.20. The van der Waals surface area contributed by atoms with Crippen LogP contribution in [0.3, 0.4) is 0 Å². The molecule has 1 aliphatic rings. The lowest BCUT2D eigenvalue weighted by Gasteiger charge is -2.35. The van der Waals surface area contributed by atoms with Crippen LogP contribution in [0.15, 0.2) is 24.5 Å². The fourth-order valence-corrected chi connectivity index (χ4v) is 3.30. The number of likely N-dealkylation sites (tertiary alicyclic amines) is 1. The van der Waals surface area contributed by atoms with E-state index in [1.54, 1.807) is 18.5 Å². The molecule has 1 N–H and O–H groups in total. The van der Waals surface area contributed by atoms with Crippen molar-refractivity contribution < 1.29 is 9.90 Å². The number of hydrogen-bond acceptors (Lipinski definition) is 4. The summed E-state index contributed by atoms with van der Waals surface area (Å²) in [6, 6.07) is 2.46. The van der Waals surface area contributed by atoms with Crippen LogP contribution in [0.4, 0.5) is 0 Å². The van der Waals surface area contributed by atoms with Gasteiger partial charge >= 0.3 is 0 Å². The van der Waals surface area contributed by atoms with Crippen LogP contribution in [-0.2, 0) is 4.79 Å². The van der Waals surface area contributed by atoms with Gasteiger partial charge in [0.25, 0.3) is 0 Å². The normalized spacial score (nSPS) is 16.3. The average Bonchev–Trinajstić information content (AvgIpc) is 2.60. The van der Waals surface area contributed by atoms with Gasteiger partial charge in [-0.2, -0.15) is 0 Å². The first-order valence-corrected chi connectivity index (χ1v) is 9.23. The van der Waals surface area contributed by atoms with Gasteiger partial charge in [-0.05, 0) is 62.8 Å². The molecule has 0 aliphatic carbocycles. The van der Waals surface area contributed by atoms with Gasteiger partial charge in [-0.1, -0.05) is 0 Å². The second kappa shape index (κ2) is 9.68. The van der Waals surface area contributed by atoms with Crippen LogP contribution in [0.1, 0.15) is 37.8 Å². The van der Waals surface area contributed by atoms with E-state index in [1.807, 2.05) is 24.0 Å². The summed E-state index contributed by atoms with van der Waals surface area (Å²) in [5, 5.41) is 9.19. The summed E-state index contributed by atoms with van der Waals surface area (Å²) < 4.78 is 0. The van der Waals surface area contributed by atoms with Gasteiger partial charge in [-0.3, -0.25) is 14.7 Å². The first-order chi connectivity index (χ1) is 12.0. The first kappa shape index (κ1) is 19.6. The van der Waals surface area contributed by atoms with Crippen molar-refractivity contribution in [3.05, 3.63) is 35.7 Å². The Bertz CT molecular complexity index is 578. The number of pyridine rings is 1. The molecule has 5 nitrogen and oxygen atoms in total. The van der Waals surface area contributed by atoms with Crippen molar-refractivity contribution in [3.8, 4) is 0 Å². The zero-order chi connectivity index (χ0) is 18.2. The molecule has 25 heavy (non-hydrogen) atoms.